The molecule has 4 heteroatoms. The molecule has 0 aromatic rings. The van der Waals surface area contributed by atoms with Gasteiger partial charge in [0.2, 0.25) is 0 Å². The van der Waals surface area contributed by atoms with E-state index in [4.69, 9.17) is 21.1 Å². The molecular weight excluding hydrogens is 252 g/mol. The molecule has 106 valence electrons. The van der Waals surface area contributed by atoms with E-state index in [1.807, 2.05) is 0 Å². The summed E-state index contributed by atoms with van der Waals surface area (Å²) in [5.74, 6) is 0.178. The van der Waals surface area contributed by atoms with Gasteiger partial charge in [-0.25, -0.2) is 0 Å². The van der Waals surface area contributed by atoms with Gasteiger partial charge in [0.15, 0.2) is 0 Å². The number of carbonyl (C=O) groups excluding carboxylic acids is 1. The van der Waals surface area contributed by atoms with Crippen molar-refractivity contribution in [2.75, 3.05) is 19.1 Å². The molecular formula is C14H25ClO3. The average molecular weight is 277 g/mol. The normalized spacial score (nSPS) is 17.7. The second kappa shape index (κ2) is 10.6. The Kier molecular flexibility index (Phi) is 9.31. The van der Waals surface area contributed by atoms with Crippen LogP contribution >= 0.6 is 11.6 Å². The fourth-order valence-electron chi connectivity index (χ4n) is 1.93. The molecule has 0 N–H and O–H groups in total. The number of hydrogen-bond acceptors (Lipinski definition) is 3. The number of halogens is 1. The minimum Gasteiger partial charge on any atom is -0.466 e. The molecule has 0 spiro atoms. The van der Waals surface area contributed by atoms with Gasteiger partial charge in [0.25, 0.3) is 0 Å². The number of ether oxygens (including phenoxy) is 2. The van der Waals surface area contributed by atoms with Gasteiger partial charge >= 0.3 is 5.97 Å². The molecule has 0 aromatic carbocycles. The van der Waals surface area contributed by atoms with Crippen LogP contribution in [0.2, 0.25) is 0 Å². The molecule has 1 rings (SSSR count). The molecule has 1 aliphatic rings. The van der Waals surface area contributed by atoms with E-state index in [0.717, 1.165) is 19.4 Å². The first-order valence-corrected chi connectivity index (χ1v) is 7.69. The van der Waals surface area contributed by atoms with Crippen molar-refractivity contribution in [1.29, 1.82) is 0 Å². The maximum Gasteiger partial charge on any atom is 0.306 e. The van der Waals surface area contributed by atoms with Crippen molar-refractivity contribution in [3.8, 4) is 0 Å². The largest absolute Gasteiger partial charge is 0.466 e. The molecule has 1 fully saturated rings. The number of alkyl halides is 1. The summed E-state index contributed by atoms with van der Waals surface area (Å²) >= 11 is 5.43. The van der Waals surface area contributed by atoms with Gasteiger partial charge in [-0.05, 0) is 12.8 Å². The number of epoxide rings is 1. The summed E-state index contributed by atoms with van der Waals surface area (Å²) in [7, 11) is 0. The van der Waals surface area contributed by atoms with Crippen LogP contribution in [0.25, 0.3) is 0 Å². The Morgan fingerprint density at radius 3 is 2.33 bits per heavy atom. The van der Waals surface area contributed by atoms with Crippen molar-refractivity contribution in [2.24, 2.45) is 0 Å². The van der Waals surface area contributed by atoms with Crippen LogP contribution in [0.4, 0.5) is 0 Å². The Balaban J connectivity index is 1.68. The van der Waals surface area contributed by atoms with Crippen molar-refractivity contribution >= 4 is 17.6 Å². The lowest BCUT2D eigenvalue weighted by molar-refractivity contribution is -0.143. The van der Waals surface area contributed by atoms with E-state index in [-0.39, 0.29) is 5.97 Å². The Labute approximate surface area is 115 Å². The van der Waals surface area contributed by atoms with Gasteiger partial charge in [-0.3, -0.25) is 4.79 Å². The van der Waals surface area contributed by atoms with Crippen LogP contribution < -0.4 is 0 Å². The van der Waals surface area contributed by atoms with Gasteiger partial charge in [0.05, 0.1) is 25.7 Å². The lowest BCUT2D eigenvalue weighted by Gasteiger charge is -2.04. The Hall–Kier alpha value is -0.280. The monoisotopic (exact) mass is 276 g/mol. The first-order chi connectivity index (χ1) is 8.83. The number of carbonyl (C=O) groups is 1. The third-order valence-corrected chi connectivity index (χ3v) is 3.32. The van der Waals surface area contributed by atoms with E-state index in [0.29, 0.717) is 25.0 Å². The SMILES string of the molecule is O=C(CCCl)OCCCCCCCCCC1CO1. The average Bonchev–Trinajstić information content (AvgIpc) is 3.16. The zero-order chi connectivity index (χ0) is 13.1. The van der Waals surface area contributed by atoms with Gasteiger partial charge in [0, 0.05) is 5.88 Å². The fraction of sp³-hybridized carbons (Fsp3) is 0.929. The van der Waals surface area contributed by atoms with Crippen molar-refractivity contribution < 1.29 is 14.3 Å². The highest BCUT2D eigenvalue weighted by atomic mass is 35.5. The molecule has 0 aromatic heterocycles. The highest BCUT2D eigenvalue weighted by Gasteiger charge is 2.20. The molecule has 0 radical (unpaired) electrons. The van der Waals surface area contributed by atoms with Crippen LogP contribution in [0.3, 0.4) is 0 Å². The molecule has 18 heavy (non-hydrogen) atoms. The second-order valence-corrected chi connectivity index (χ2v) is 5.26. The summed E-state index contributed by atoms with van der Waals surface area (Å²) in [4.78, 5) is 11.0. The first kappa shape index (κ1) is 15.8. The number of hydrogen-bond donors (Lipinski definition) is 0. The molecule has 0 aliphatic carbocycles. The second-order valence-electron chi connectivity index (χ2n) is 4.88. The third-order valence-electron chi connectivity index (χ3n) is 3.13. The predicted molar refractivity (Wildman–Crippen MR) is 73.0 cm³/mol. The van der Waals surface area contributed by atoms with Crippen molar-refractivity contribution in [2.45, 2.75) is 63.9 Å². The molecule has 1 heterocycles. The van der Waals surface area contributed by atoms with E-state index < -0.39 is 0 Å². The minimum absolute atomic E-state index is 0.174. The maximum absolute atomic E-state index is 11.0. The van der Waals surface area contributed by atoms with Crippen molar-refractivity contribution in [3.05, 3.63) is 0 Å². The molecule has 1 atom stereocenters. The molecule has 0 amide bonds. The smallest absolute Gasteiger partial charge is 0.306 e. The summed E-state index contributed by atoms with van der Waals surface area (Å²) in [6, 6.07) is 0. The van der Waals surface area contributed by atoms with E-state index in [9.17, 15) is 4.79 Å². The molecule has 1 saturated heterocycles. The Bertz CT molecular complexity index is 217. The number of rotatable bonds is 12. The summed E-state index contributed by atoms with van der Waals surface area (Å²) in [6.45, 7) is 1.54. The molecule has 3 nitrogen and oxygen atoms in total. The topological polar surface area (TPSA) is 38.8 Å². The summed E-state index contributed by atoms with van der Waals surface area (Å²) in [6.07, 6.45) is 10.8. The van der Waals surface area contributed by atoms with Crippen LogP contribution in [0, 0.1) is 0 Å². The first-order valence-electron chi connectivity index (χ1n) is 7.16. The highest BCUT2D eigenvalue weighted by Crippen LogP contribution is 2.18. The third kappa shape index (κ3) is 9.72. The van der Waals surface area contributed by atoms with Crippen LogP contribution in [0.15, 0.2) is 0 Å². The summed E-state index contributed by atoms with van der Waals surface area (Å²) in [5, 5.41) is 0. The van der Waals surface area contributed by atoms with Gasteiger partial charge < -0.3 is 9.47 Å². The van der Waals surface area contributed by atoms with E-state index in [1.54, 1.807) is 0 Å². The zero-order valence-electron chi connectivity index (χ0n) is 11.2. The highest BCUT2D eigenvalue weighted by molar-refractivity contribution is 6.18. The summed E-state index contributed by atoms with van der Waals surface area (Å²) in [5.41, 5.74) is 0. The lowest BCUT2D eigenvalue weighted by Crippen LogP contribution is -2.06. The number of esters is 1. The lowest BCUT2D eigenvalue weighted by atomic mass is 10.1. The fourth-order valence-corrected chi connectivity index (χ4v) is 2.08. The van der Waals surface area contributed by atoms with Crippen LogP contribution in [0.1, 0.15) is 57.8 Å². The molecule has 0 bridgehead atoms. The van der Waals surface area contributed by atoms with Gasteiger partial charge in [0.1, 0.15) is 0 Å². The quantitative estimate of drug-likeness (QED) is 0.236. The van der Waals surface area contributed by atoms with Crippen LogP contribution in [-0.4, -0.2) is 31.2 Å². The van der Waals surface area contributed by atoms with Gasteiger partial charge in [-0.2, -0.15) is 0 Å². The van der Waals surface area contributed by atoms with E-state index >= 15 is 0 Å². The van der Waals surface area contributed by atoms with Crippen LogP contribution in [-0.2, 0) is 14.3 Å². The standard InChI is InChI=1S/C14H25ClO3/c15-10-9-14(16)17-11-7-5-3-1-2-4-6-8-13-12-18-13/h13H,1-12H2. The van der Waals surface area contributed by atoms with E-state index in [2.05, 4.69) is 0 Å². The van der Waals surface area contributed by atoms with Crippen LogP contribution in [0.5, 0.6) is 0 Å². The molecule has 1 unspecified atom stereocenters. The zero-order valence-corrected chi connectivity index (χ0v) is 11.9. The Morgan fingerprint density at radius 1 is 1.11 bits per heavy atom. The number of unbranched alkanes of at least 4 members (excludes halogenated alkanes) is 6. The maximum atomic E-state index is 11.0. The van der Waals surface area contributed by atoms with Gasteiger partial charge in [-0.1, -0.05) is 38.5 Å². The van der Waals surface area contributed by atoms with Crippen molar-refractivity contribution in [1.82, 2.24) is 0 Å². The van der Waals surface area contributed by atoms with E-state index in [1.165, 1.54) is 38.5 Å². The molecule has 0 saturated carbocycles. The minimum atomic E-state index is -0.174. The van der Waals surface area contributed by atoms with Crippen molar-refractivity contribution in [3.63, 3.8) is 0 Å². The predicted octanol–water partition coefficient (Wildman–Crippen LogP) is 3.68. The van der Waals surface area contributed by atoms with Gasteiger partial charge in [-0.15, -0.1) is 11.6 Å². The summed E-state index contributed by atoms with van der Waals surface area (Å²) < 4.78 is 10.2. The Morgan fingerprint density at radius 2 is 1.72 bits per heavy atom. The molecule has 1 aliphatic heterocycles.